The molecule has 0 bridgehead atoms. The lowest BCUT2D eigenvalue weighted by atomic mass is 9.90. The SMILES string of the molecule is CCn1c(-c2cc(C)cc(C)c2)nc2c(-c3ccncc3)c3ccccc3c(-c3ccncc3)c21. The van der Waals surface area contributed by atoms with Crippen LogP contribution in [-0.4, -0.2) is 19.5 Å². The minimum atomic E-state index is 0.811. The van der Waals surface area contributed by atoms with Crippen LogP contribution in [0.15, 0.2) is 91.5 Å². The van der Waals surface area contributed by atoms with Crippen LogP contribution in [-0.2, 0) is 6.54 Å². The number of nitrogens with zero attached hydrogens (tertiary/aromatic N) is 4. The first-order chi connectivity index (χ1) is 17.2. The number of aryl methyl sites for hydroxylation is 3. The summed E-state index contributed by atoms with van der Waals surface area (Å²) >= 11 is 0. The molecule has 3 aromatic carbocycles. The number of pyridine rings is 2. The van der Waals surface area contributed by atoms with Gasteiger partial charge in [0, 0.05) is 48.0 Å². The zero-order chi connectivity index (χ0) is 23.9. The van der Waals surface area contributed by atoms with Crippen LogP contribution in [0.4, 0.5) is 0 Å². The largest absolute Gasteiger partial charge is 0.324 e. The molecule has 4 heteroatoms. The maximum Gasteiger partial charge on any atom is 0.141 e. The summed E-state index contributed by atoms with van der Waals surface area (Å²) < 4.78 is 2.37. The molecule has 0 aliphatic carbocycles. The molecule has 0 fully saturated rings. The molecule has 6 rings (SSSR count). The van der Waals surface area contributed by atoms with Crippen LogP contribution in [0.2, 0.25) is 0 Å². The fourth-order valence-corrected chi connectivity index (χ4v) is 5.31. The molecule has 3 aromatic heterocycles. The van der Waals surface area contributed by atoms with E-state index in [0.29, 0.717) is 0 Å². The maximum absolute atomic E-state index is 5.38. The monoisotopic (exact) mass is 454 g/mol. The van der Waals surface area contributed by atoms with E-state index in [0.717, 1.165) is 45.7 Å². The molecular weight excluding hydrogens is 428 g/mol. The third-order valence-corrected chi connectivity index (χ3v) is 6.64. The van der Waals surface area contributed by atoms with Gasteiger partial charge in [0.05, 0.1) is 11.0 Å². The van der Waals surface area contributed by atoms with Crippen LogP contribution in [0.3, 0.4) is 0 Å². The molecule has 35 heavy (non-hydrogen) atoms. The van der Waals surface area contributed by atoms with Crippen LogP contribution in [0.25, 0.3) is 55.4 Å². The molecule has 0 N–H and O–H groups in total. The van der Waals surface area contributed by atoms with Gasteiger partial charge in [-0.15, -0.1) is 0 Å². The summed E-state index contributed by atoms with van der Waals surface area (Å²) in [6.07, 6.45) is 7.44. The van der Waals surface area contributed by atoms with Gasteiger partial charge in [-0.1, -0.05) is 41.5 Å². The highest BCUT2D eigenvalue weighted by Crippen LogP contribution is 2.44. The number of hydrogen-bond donors (Lipinski definition) is 0. The summed E-state index contributed by atoms with van der Waals surface area (Å²) in [5.74, 6) is 0.996. The van der Waals surface area contributed by atoms with Gasteiger partial charge in [-0.2, -0.15) is 0 Å². The summed E-state index contributed by atoms with van der Waals surface area (Å²) in [6, 6.07) is 23.7. The normalized spacial score (nSPS) is 11.4. The fraction of sp³-hybridized carbons (Fsp3) is 0.129. The van der Waals surface area contributed by atoms with Crippen molar-refractivity contribution in [2.75, 3.05) is 0 Å². The number of fused-ring (bicyclic) bond motifs is 2. The molecule has 0 atom stereocenters. The van der Waals surface area contributed by atoms with E-state index in [-0.39, 0.29) is 0 Å². The van der Waals surface area contributed by atoms with Crippen LogP contribution in [0.1, 0.15) is 18.1 Å². The van der Waals surface area contributed by atoms with E-state index < -0.39 is 0 Å². The summed E-state index contributed by atoms with van der Waals surface area (Å²) in [4.78, 5) is 13.9. The van der Waals surface area contributed by atoms with Crippen molar-refractivity contribution in [3.63, 3.8) is 0 Å². The number of imidazole rings is 1. The lowest BCUT2D eigenvalue weighted by molar-refractivity contribution is 0.797. The second-order valence-corrected chi connectivity index (χ2v) is 9.02. The van der Waals surface area contributed by atoms with Crippen molar-refractivity contribution in [1.82, 2.24) is 19.5 Å². The Morgan fingerprint density at radius 3 is 1.77 bits per heavy atom. The predicted octanol–water partition coefficient (Wildman–Crippen LogP) is 7.62. The molecule has 0 saturated heterocycles. The van der Waals surface area contributed by atoms with Crippen molar-refractivity contribution < 1.29 is 0 Å². The Bertz CT molecular complexity index is 1660. The zero-order valence-corrected chi connectivity index (χ0v) is 20.2. The molecule has 3 heterocycles. The lowest BCUT2D eigenvalue weighted by Gasteiger charge is -2.16. The third-order valence-electron chi connectivity index (χ3n) is 6.64. The van der Waals surface area contributed by atoms with Crippen molar-refractivity contribution in [3.05, 3.63) is 103 Å². The van der Waals surface area contributed by atoms with Crippen LogP contribution in [0.5, 0.6) is 0 Å². The van der Waals surface area contributed by atoms with Crippen molar-refractivity contribution >= 4 is 21.8 Å². The number of benzene rings is 3. The number of rotatable bonds is 4. The first-order valence-corrected chi connectivity index (χ1v) is 12.0. The average Bonchev–Trinajstić information content (AvgIpc) is 3.26. The van der Waals surface area contributed by atoms with Gasteiger partial charge >= 0.3 is 0 Å². The smallest absolute Gasteiger partial charge is 0.141 e. The quantitative estimate of drug-likeness (QED) is 0.275. The maximum atomic E-state index is 5.38. The Hall–Kier alpha value is -4.31. The van der Waals surface area contributed by atoms with E-state index in [1.165, 1.54) is 27.5 Å². The van der Waals surface area contributed by atoms with E-state index in [1.54, 1.807) is 0 Å². The Morgan fingerprint density at radius 1 is 0.657 bits per heavy atom. The van der Waals surface area contributed by atoms with Gasteiger partial charge in [0.2, 0.25) is 0 Å². The summed E-state index contributed by atoms with van der Waals surface area (Å²) in [5.41, 5.74) is 10.4. The highest BCUT2D eigenvalue weighted by molar-refractivity contribution is 6.20. The zero-order valence-electron chi connectivity index (χ0n) is 20.2. The summed E-state index contributed by atoms with van der Waals surface area (Å²) in [7, 11) is 0. The molecule has 0 amide bonds. The van der Waals surface area contributed by atoms with Gasteiger partial charge in [0.25, 0.3) is 0 Å². The van der Waals surface area contributed by atoms with Gasteiger partial charge in [-0.05, 0) is 79.1 Å². The van der Waals surface area contributed by atoms with E-state index in [9.17, 15) is 0 Å². The van der Waals surface area contributed by atoms with E-state index >= 15 is 0 Å². The second-order valence-electron chi connectivity index (χ2n) is 9.02. The van der Waals surface area contributed by atoms with Gasteiger partial charge in [0.15, 0.2) is 0 Å². The fourth-order valence-electron chi connectivity index (χ4n) is 5.31. The van der Waals surface area contributed by atoms with Gasteiger partial charge in [-0.3, -0.25) is 9.97 Å². The lowest BCUT2D eigenvalue weighted by Crippen LogP contribution is -2.00. The van der Waals surface area contributed by atoms with Crippen LogP contribution in [0, 0.1) is 13.8 Å². The van der Waals surface area contributed by atoms with Crippen molar-refractivity contribution in [2.45, 2.75) is 27.3 Å². The van der Waals surface area contributed by atoms with E-state index in [4.69, 9.17) is 4.98 Å². The molecule has 170 valence electrons. The number of hydrogen-bond acceptors (Lipinski definition) is 3. The highest BCUT2D eigenvalue weighted by Gasteiger charge is 2.23. The second kappa shape index (κ2) is 8.48. The molecule has 6 aromatic rings. The Morgan fingerprint density at radius 2 is 1.20 bits per heavy atom. The third kappa shape index (κ3) is 3.50. The van der Waals surface area contributed by atoms with Crippen LogP contribution < -0.4 is 0 Å². The molecule has 0 aliphatic heterocycles. The van der Waals surface area contributed by atoms with E-state index in [1.807, 2.05) is 24.8 Å². The topological polar surface area (TPSA) is 43.6 Å². The standard InChI is InChI=1S/C31H26N4/c1-4-35-30-28(23-11-15-33-16-12-23)26-8-6-5-7-25(26)27(22-9-13-32-14-10-22)29(30)34-31(35)24-18-20(2)17-21(3)19-24/h5-19H,4H2,1-3H3. The summed E-state index contributed by atoms with van der Waals surface area (Å²) in [6.45, 7) is 7.30. The van der Waals surface area contributed by atoms with Crippen molar-refractivity contribution in [2.24, 2.45) is 0 Å². The minimum Gasteiger partial charge on any atom is -0.324 e. The molecule has 0 saturated carbocycles. The molecule has 4 nitrogen and oxygen atoms in total. The van der Waals surface area contributed by atoms with E-state index in [2.05, 4.69) is 102 Å². The predicted molar refractivity (Wildman–Crippen MR) is 144 cm³/mol. The van der Waals surface area contributed by atoms with Crippen molar-refractivity contribution in [1.29, 1.82) is 0 Å². The Kier molecular flexibility index (Phi) is 5.14. The van der Waals surface area contributed by atoms with Crippen molar-refractivity contribution in [3.8, 4) is 33.6 Å². The number of aromatic nitrogens is 4. The summed E-state index contributed by atoms with van der Waals surface area (Å²) in [5, 5.41) is 2.39. The molecule has 0 radical (unpaired) electrons. The average molecular weight is 455 g/mol. The molecule has 0 unspecified atom stereocenters. The van der Waals surface area contributed by atoms with Crippen LogP contribution >= 0.6 is 0 Å². The van der Waals surface area contributed by atoms with Gasteiger partial charge in [0.1, 0.15) is 5.82 Å². The Labute approximate surface area is 205 Å². The first-order valence-electron chi connectivity index (χ1n) is 12.0. The molecular formula is C31H26N4. The highest BCUT2D eigenvalue weighted by atomic mass is 15.1. The minimum absolute atomic E-state index is 0.811. The van der Waals surface area contributed by atoms with Gasteiger partial charge in [-0.25, -0.2) is 4.98 Å². The molecule has 0 aliphatic rings. The molecule has 0 spiro atoms. The van der Waals surface area contributed by atoms with Gasteiger partial charge < -0.3 is 4.57 Å². The Balaban J connectivity index is 1.85. The first kappa shape index (κ1) is 21.2.